The first-order valence-electron chi connectivity index (χ1n) is 6.51. The normalized spacial score (nSPS) is 21.2. The van der Waals surface area contributed by atoms with Crippen LogP contribution in [0.25, 0.3) is 0 Å². The van der Waals surface area contributed by atoms with Gasteiger partial charge in [-0.2, -0.15) is 0 Å². The number of hydrogen-bond donors (Lipinski definition) is 2. The van der Waals surface area contributed by atoms with E-state index >= 15 is 0 Å². The summed E-state index contributed by atoms with van der Waals surface area (Å²) in [6.07, 6.45) is 0. The molecular formula is C12H30N6. The second-order valence-electron chi connectivity index (χ2n) is 6.03. The molecule has 0 aromatic rings. The molecule has 1 fully saturated rings. The van der Waals surface area contributed by atoms with Crippen LogP contribution in [0.2, 0.25) is 0 Å². The molecule has 1 aliphatic rings. The van der Waals surface area contributed by atoms with Gasteiger partial charge in [0.05, 0.1) is 13.3 Å². The summed E-state index contributed by atoms with van der Waals surface area (Å²) in [6, 6.07) is 0. The predicted molar refractivity (Wildman–Crippen MR) is 76.2 cm³/mol. The molecular weight excluding hydrogens is 228 g/mol. The Labute approximate surface area is 112 Å². The second-order valence-corrected chi connectivity index (χ2v) is 6.03. The first-order chi connectivity index (χ1) is 8.35. The summed E-state index contributed by atoms with van der Waals surface area (Å²) < 4.78 is 0. The van der Waals surface area contributed by atoms with Crippen LogP contribution in [0, 0.1) is 0 Å². The molecule has 1 aliphatic heterocycles. The van der Waals surface area contributed by atoms with Crippen LogP contribution >= 0.6 is 0 Å². The lowest BCUT2D eigenvalue weighted by Gasteiger charge is -2.51. The summed E-state index contributed by atoms with van der Waals surface area (Å²) in [5.41, 5.74) is 0.00250. The van der Waals surface area contributed by atoms with Gasteiger partial charge in [-0.05, 0) is 42.3 Å². The van der Waals surface area contributed by atoms with Gasteiger partial charge in [0.1, 0.15) is 5.66 Å². The average Bonchev–Trinajstić information content (AvgIpc) is 2.18. The SMILES string of the molecule is CN(C)CN1CNCNC1(CN(C)C)CN(C)C. The van der Waals surface area contributed by atoms with Crippen molar-refractivity contribution in [3.05, 3.63) is 0 Å². The van der Waals surface area contributed by atoms with Crippen molar-refractivity contribution in [1.82, 2.24) is 30.2 Å². The molecule has 0 saturated carbocycles. The number of likely N-dealkylation sites (N-methyl/N-ethyl adjacent to an activating group) is 2. The zero-order chi connectivity index (χ0) is 13.8. The van der Waals surface area contributed by atoms with Crippen molar-refractivity contribution in [3.63, 3.8) is 0 Å². The standard InChI is InChI=1S/C12H30N6/c1-15(2)7-12(8-16(3)4)14-9-13-10-18(12)11-17(5)6/h13-14H,7-11H2,1-6H3. The third kappa shape index (κ3) is 4.46. The number of nitrogens with one attached hydrogen (secondary N) is 2. The van der Waals surface area contributed by atoms with Gasteiger partial charge in [0.15, 0.2) is 0 Å². The number of rotatable bonds is 6. The molecule has 1 saturated heterocycles. The van der Waals surface area contributed by atoms with Gasteiger partial charge < -0.3 is 9.80 Å². The van der Waals surface area contributed by atoms with Gasteiger partial charge in [0.2, 0.25) is 0 Å². The molecule has 18 heavy (non-hydrogen) atoms. The van der Waals surface area contributed by atoms with Gasteiger partial charge in [-0.15, -0.1) is 0 Å². The van der Waals surface area contributed by atoms with Gasteiger partial charge in [-0.1, -0.05) is 0 Å². The Balaban J connectivity index is 2.85. The van der Waals surface area contributed by atoms with Crippen LogP contribution in [0.5, 0.6) is 0 Å². The molecule has 0 atom stereocenters. The van der Waals surface area contributed by atoms with Crippen LogP contribution in [0.15, 0.2) is 0 Å². The Morgan fingerprint density at radius 2 is 1.50 bits per heavy atom. The molecule has 0 aromatic carbocycles. The van der Waals surface area contributed by atoms with Crippen LogP contribution in [-0.2, 0) is 0 Å². The number of nitrogens with zero attached hydrogens (tertiary/aromatic N) is 4. The largest absolute Gasteiger partial charge is 0.306 e. The van der Waals surface area contributed by atoms with Crippen molar-refractivity contribution in [2.75, 3.05) is 75.4 Å². The molecule has 0 unspecified atom stereocenters. The molecule has 0 spiro atoms. The summed E-state index contributed by atoms with van der Waals surface area (Å²) in [5, 5.41) is 7.05. The Bertz CT molecular complexity index is 231. The van der Waals surface area contributed by atoms with E-state index in [1.165, 1.54) is 0 Å². The predicted octanol–water partition coefficient (Wildman–Crippen LogP) is -1.27. The van der Waals surface area contributed by atoms with Crippen LogP contribution in [0.4, 0.5) is 0 Å². The lowest BCUT2D eigenvalue weighted by Crippen LogP contribution is -2.74. The number of hydrogen-bond acceptors (Lipinski definition) is 6. The molecule has 6 nitrogen and oxygen atoms in total. The zero-order valence-corrected chi connectivity index (χ0v) is 12.8. The van der Waals surface area contributed by atoms with E-state index in [0.29, 0.717) is 0 Å². The summed E-state index contributed by atoms with van der Waals surface area (Å²) in [7, 11) is 12.8. The highest BCUT2D eigenvalue weighted by Gasteiger charge is 2.39. The van der Waals surface area contributed by atoms with E-state index in [9.17, 15) is 0 Å². The van der Waals surface area contributed by atoms with E-state index in [1.807, 2.05) is 0 Å². The molecule has 0 bridgehead atoms. The van der Waals surface area contributed by atoms with Crippen molar-refractivity contribution in [2.24, 2.45) is 0 Å². The maximum Gasteiger partial charge on any atom is 0.100 e. The van der Waals surface area contributed by atoms with Crippen LogP contribution < -0.4 is 10.6 Å². The fourth-order valence-corrected chi connectivity index (χ4v) is 2.62. The smallest absolute Gasteiger partial charge is 0.100 e. The van der Waals surface area contributed by atoms with Crippen molar-refractivity contribution in [1.29, 1.82) is 0 Å². The van der Waals surface area contributed by atoms with Gasteiger partial charge in [0.25, 0.3) is 0 Å². The van der Waals surface area contributed by atoms with Crippen molar-refractivity contribution < 1.29 is 0 Å². The monoisotopic (exact) mass is 258 g/mol. The summed E-state index contributed by atoms with van der Waals surface area (Å²) >= 11 is 0. The van der Waals surface area contributed by atoms with Crippen molar-refractivity contribution >= 4 is 0 Å². The molecule has 0 aromatic heterocycles. The minimum absolute atomic E-state index is 0.00250. The van der Waals surface area contributed by atoms with Crippen LogP contribution in [-0.4, -0.2) is 101 Å². The zero-order valence-electron chi connectivity index (χ0n) is 12.8. The molecule has 0 aliphatic carbocycles. The Kier molecular flexibility index (Phi) is 5.97. The minimum atomic E-state index is 0.00250. The third-order valence-electron chi connectivity index (χ3n) is 3.06. The minimum Gasteiger partial charge on any atom is -0.306 e. The van der Waals surface area contributed by atoms with Crippen LogP contribution in [0.3, 0.4) is 0 Å². The second kappa shape index (κ2) is 6.79. The Morgan fingerprint density at radius 1 is 0.944 bits per heavy atom. The maximum absolute atomic E-state index is 3.66. The van der Waals surface area contributed by atoms with Gasteiger partial charge in [-0.25, -0.2) is 0 Å². The summed E-state index contributed by atoms with van der Waals surface area (Å²) in [5.74, 6) is 0. The highest BCUT2D eigenvalue weighted by atomic mass is 15.5. The van der Waals surface area contributed by atoms with Gasteiger partial charge >= 0.3 is 0 Å². The van der Waals surface area contributed by atoms with E-state index in [1.54, 1.807) is 0 Å². The van der Waals surface area contributed by atoms with E-state index in [0.717, 1.165) is 33.1 Å². The third-order valence-corrected chi connectivity index (χ3v) is 3.06. The fraction of sp³-hybridized carbons (Fsp3) is 1.00. The molecule has 6 heteroatoms. The van der Waals surface area contributed by atoms with Crippen molar-refractivity contribution in [2.45, 2.75) is 5.66 Å². The Morgan fingerprint density at radius 3 is 1.94 bits per heavy atom. The van der Waals surface area contributed by atoms with Crippen LogP contribution in [0.1, 0.15) is 0 Å². The quantitative estimate of drug-likeness (QED) is 0.619. The highest BCUT2D eigenvalue weighted by Crippen LogP contribution is 2.16. The summed E-state index contributed by atoms with van der Waals surface area (Å²) in [4.78, 5) is 9.19. The molecule has 2 N–H and O–H groups in total. The van der Waals surface area contributed by atoms with Gasteiger partial charge in [-0.3, -0.25) is 20.4 Å². The molecule has 0 radical (unpaired) electrons. The van der Waals surface area contributed by atoms with E-state index in [2.05, 4.69) is 72.5 Å². The van der Waals surface area contributed by atoms with E-state index < -0.39 is 0 Å². The highest BCUT2D eigenvalue weighted by molar-refractivity contribution is 4.94. The lowest BCUT2D eigenvalue weighted by molar-refractivity contribution is -0.0449. The lowest BCUT2D eigenvalue weighted by atomic mass is 10.1. The van der Waals surface area contributed by atoms with E-state index in [4.69, 9.17) is 0 Å². The molecule has 1 rings (SSSR count). The van der Waals surface area contributed by atoms with Gasteiger partial charge in [0, 0.05) is 19.8 Å². The van der Waals surface area contributed by atoms with E-state index in [-0.39, 0.29) is 5.66 Å². The first kappa shape index (κ1) is 15.8. The molecule has 1 heterocycles. The topological polar surface area (TPSA) is 37.0 Å². The first-order valence-corrected chi connectivity index (χ1v) is 6.51. The average molecular weight is 258 g/mol. The summed E-state index contributed by atoms with van der Waals surface area (Å²) in [6.45, 7) is 4.74. The molecule has 0 amide bonds. The molecule has 108 valence electrons. The maximum atomic E-state index is 3.66. The van der Waals surface area contributed by atoms with Crippen molar-refractivity contribution in [3.8, 4) is 0 Å². The fourth-order valence-electron chi connectivity index (χ4n) is 2.62. The Hall–Kier alpha value is -0.240.